The number of rotatable bonds is 9. The smallest absolute Gasteiger partial charge is 0.335 e. The van der Waals surface area contributed by atoms with Crippen LogP contribution in [0, 0.1) is 10.8 Å². The lowest BCUT2D eigenvalue weighted by Gasteiger charge is -2.32. The summed E-state index contributed by atoms with van der Waals surface area (Å²) in [4.78, 5) is 12.9. The average molecular weight is 343 g/mol. The molecule has 0 bridgehead atoms. The number of ether oxygens (including phenoxy) is 2. The Morgan fingerprint density at radius 3 is 1.96 bits per heavy atom. The number of carbonyl (C=O) groups excluding carboxylic acids is 1. The summed E-state index contributed by atoms with van der Waals surface area (Å²) in [6.07, 6.45) is 2.12. The Bertz CT molecular complexity index is 439. The largest absolute Gasteiger partial charge is 0.456 e. The summed E-state index contributed by atoms with van der Waals surface area (Å²) in [7, 11) is 1.64. The molecule has 0 aliphatic rings. The van der Waals surface area contributed by atoms with Gasteiger partial charge >= 0.3 is 5.97 Å². The Balaban J connectivity index is 5.47. The lowest BCUT2D eigenvalue weighted by atomic mass is 9.77. The Morgan fingerprint density at radius 1 is 1.00 bits per heavy atom. The molecule has 1 N–H and O–H groups in total. The highest BCUT2D eigenvalue weighted by Gasteiger charge is 2.33. The zero-order valence-electron chi connectivity index (χ0n) is 17.2. The molecule has 0 saturated heterocycles. The van der Waals surface area contributed by atoms with Gasteiger partial charge in [-0.05, 0) is 44.4 Å². The van der Waals surface area contributed by atoms with Crippen molar-refractivity contribution >= 4 is 5.97 Å². The van der Waals surface area contributed by atoms with E-state index in [1.54, 1.807) is 7.11 Å². The van der Waals surface area contributed by atoms with E-state index in [9.17, 15) is 9.90 Å². The summed E-state index contributed by atoms with van der Waals surface area (Å²) >= 11 is 0. The van der Waals surface area contributed by atoms with Gasteiger partial charge in [0.2, 0.25) is 0 Å². The van der Waals surface area contributed by atoms with Crippen molar-refractivity contribution in [3.63, 3.8) is 0 Å². The summed E-state index contributed by atoms with van der Waals surface area (Å²) in [6, 6.07) is 0. The Labute approximate surface area is 148 Å². The molecule has 0 fully saturated rings. The minimum absolute atomic E-state index is 0.0544. The van der Waals surface area contributed by atoms with Gasteiger partial charge in [-0.2, -0.15) is 0 Å². The minimum atomic E-state index is -0.565. The van der Waals surface area contributed by atoms with Crippen molar-refractivity contribution in [3.05, 3.63) is 11.1 Å². The first kappa shape index (κ1) is 23.1. The van der Waals surface area contributed by atoms with E-state index in [-0.39, 0.29) is 23.4 Å². The van der Waals surface area contributed by atoms with E-state index < -0.39 is 5.60 Å². The quantitative estimate of drug-likeness (QED) is 0.495. The summed E-state index contributed by atoms with van der Waals surface area (Å²) in [5.74, 6) is -0.249. The molecule has 0 aliphatic carbocycles. The van der Waals surface area contributed by atoms with Gasteiger partial charge in [-0.25, -0.2) is 4.79 Å². The van der Waals surface area contributed by atoms with E-state index in [1.165, 1.54) is 0 Å². The predicted octanol–water partition coefficient (Wildman–Crippen LogP) is 4.51. The Morgan fingerprint density at radius 2 is 1.54 bits per heavy atom. The molecular formula is C20H38O4. The second-order valence-electron chi connectivity index (χ2n) is 9.11. The zero-order chi connectivity index (χ0) is 19.2. The van der Waals surface area contributed by atoms with Crippen LogP contribution in [0.15, 0.2) is 11.1 Å². The third-order valence-corrected chi connectivity index (χ3v) is 4.19. The van der Waals surface area contributed by atoms with Crippen molar-refractivity contribution in [2.45, 2.75) is 80.3 Å². The van der Waals surface area contributed by atoms with Crippen LogP contribution >= 0.6 is 0 Å². The third-order valence-electron chi connectivity index (χ3n) is 4.19. The van der Waals surface area contributed by atoms with Gasteiger partial charge in [-0.1, -0.05) is 40.2 Å². The topological polar surface area (TPSA) is 55.8 Å². The van der Waals surface area contributed by atoms with Gasteiger partial charge in [0, 0.05) is 32.3 Å². The average Bonchev–Trinajstić information content (AvgIpc) is 2.32. The van der Waals surface area contributed by atoms with E-state index in [0.717, 1.165) is 17.6 Å². The van der Waals surface area contributed by atoms with Gasteiger partial charge in [0.1, 0.15) is 5.60 Å². The van der Waals surface area contributed by atoms with Gasteiger partial charge in [0.05, 0.1) is 0 Å². The van der Waals surface area contributed by atoms with Crippen molar-refractivity contribution in [3.8, 4) is 0 Å². The Hall–Kier alpha value is -0.870. The molecule has 24 heavy (non-hydrogen) atoms. The maximum atomic E-state index is 12.9. The van der Waals surface area contributed by atoms with Crippen LogP contribution in [0.3, 0.4) is 0 Å². The molecule has 0 spiro atoms. The van der Waals surface area contributed by atoms with Crippen molar-refractivity contribution in [1.29, 1.82) is 0 Å². The number of methoxy groups -OCH3 is 1. The molecule has 0 unspecified atom stereocenters. The van der Waals surface area contributed by atoms with Crippen LogP contribution in [0.5, 0.6) is 0 Å². The van der Waals surface area contributed by atoms with Crippen molar-refractivity contribution < 1.29 is 19.4 Å². The van der Waals surface area contributed by atoms with E-state index in [2.05, 4.69) is 13.8 Å². The number of aliphatic hydroxyl groups is 1. The van der Waals surface area contributed by atoms with Gasteiger partial charge in [-0.3, -0.25) is 0 Å². The normalized spacial score (nSPS) is 14.4. The summed E-state index contributed by atoms with van der Waals surface area (Å²) < 4.78 is 10.9. The second kappa shape index (κ2) is 9.00. The van der Waals surface area contributed by atoms with Crippen LogP contribution in [-0.4, -0.2) is 37.0 Å². The zero-order valence-corrected chi connectivity index (χ0v) is 17.2. The molecule has 0 aliphatic heterocycles. The maximum absolute atomic E-state index is 12.9. The SMILES string of the molecule is COCCC(C)(C)OC(=O)/C(=C(/C)CC(C)(C)CCO)C(C)(C)C. The van der Waals surface area contributed by atoms with Crippen LogP contribution < -0.4 is 0 Å². The molecule has 4 heteroatoms. The first-order valence-electron chi connectivity index (χ1n) is 8.79. The molecule has 4 nitrogen and oxygen atoms in total. The number of hydrogen-bond acceptors (Lipinski definition) is 4. The highest BCUT2D eigenvalue weighted by atomic mass is 16.6. The summed E-state index contributed by atoms with van der Waals surface area (Å²) in [5.41, 5.74) is 0.854. The van der Waals surface area contributed by atoms with Crippen LogP contribution in [0.2, 0.25) is 0 Å². The fourth-order valence-electron chi connectivity index (χ4n) is 3.02. The Kier molecular flexibility index (Phi) is 8.68. The predicted molar refractivity (Wildman–Crippen MR) is 98.9 cm³/mol. The van der Waals surface area contributed by atoms with Crippen LogP contribution in [0.4, 0.5) is 0 Å². The number of allylic oxidation sites excluding steroid dienone is 1. The van der Waals surface area contributed by atoms with E-state index in [1.807, 2.05) is 41.5 Å². The molecule has 142 valence electrons. The standard InChI is InChI=1S/C20H38O4/c1-15(14-19(5,6)10-12-21)16(18(2,3)4)17(22)24-20(7,8)11-13-23-9/h21H,10-14H2,1-9H3/b16-15+. The molecule has 0 saturated carbocycles. The van der Waals surface area contributed by atoms with Crippen LogP contribution in [0.1, 0.15) is 74.7 Å². The van der Waals surface area contributed by atoms with Crippen LogP contribution in [-0.2, 0) is 14.3 Å². The summed E-state index contributed by atoms with van der Waals surface area (Å²) in [5, 5.41) is 9.24. The van der Waals surface area contributed by atoms with E-state index in [4.69, 9.17) is 9.47 Å². The van der Waals surface area contributed by atoms with Crippen LogP contribution in [0.25, 0.3) is 0 Å². The van der Waals surface area contributed by atoms with Crippen molar-refractivity contribution in [2.24, 2.45) is 10.8 Å². The maximum Gasteiger partial charge on any atom is 0.335 e. The van der Waals surface area contributed by atoms with E-state index >= 15 is 0 Å². The molecule has 0 aromatic carbocycles. The highest BCUT2D eigenvalue weighted by Crippen LogP contribution is 2.37. The molecule has 0 heterocycles. The first-order chi connectivity index (χ1) is 10.8. The molecule has 0 rings (SSSR count). The van der Waals surface area contributed by atoms with Gasteiger partial charge < -0.3 is 14.6 Å². The third kappa shape index (κ3) is 8.29. The highest BCUT2D eigenvalue weighted by molar-refractivity contribution is 5.91. The summed E-state index contributed by atoms with van der Waals surface area (Å²) in [6.45, 7) is 16.9. The van der Waals surface area contributed by atoms with Crippen molar-refractivity contribution in [2.75, 3.05) is 20.3 Å². The number of hydrogen-bond donors (Lipinski definition) is 1. The van der Waals surface area contributed by atoms with Gasteiger partial charge in [0.25, 0.3) is 0 Å². The molecule has 0 aromatic heterocycles. The molecule has 0 amide bonds. The molecule has 0 atom stereocenters. The fourth-order valence-corrected chi connectivity index (χ4v) is 3.02. The number of aliphatic hydroxyl groups excluding tert-OH is 1. The minimum Gasteiger partial charge on any atom is -0.456 e. The number of esters is 1. The van der Waals surface area contributed by atoms with Gasteiger partial charge in [-0.15, -0.1) is 0 Å². The molecular weight excluding hydrogens is 304 g/mol. The molecule has 0 radical (unpaired) electrons. The lowest BCUT2D eigenvalue weighted by Crippen LogP contribution is -2.33. The lowest BCUT2D eigenvalue weighted by molar-refractivity contribution is -0.154. The van der Waals surface area contributed by atoms with E-state index in [0.29, 0.717) is 19.4 Å². The van der Waals surface area contributed by atoms with Gasteiger partial charge in [0.15, 0.2) is 0 Å². The van der Waals surface area contributed by atoms with Crippen molar-refractivity contribution in [1.82, 2.24) is 0 Å². The first-order valence-corrected chi connectivity index (χ1v) is 8.79. The fraction of sp³-hybridized carbons (Fsp3) is 0.850. The second-order valence-corrected chi connectivity index (χ2v) is 9.11. The monoisotopic (exact) mass is 342 g/mol. The number of carbonyl (C=O) groups is 1. The molecule has 0 aromatic rings.